The fourth-order valence-electron chi connectivity index (χ4n) is 2.66. The highest BCUT2D eigenvalue weighted by atomic mass is 32.1. The summed E-state index contributed by atoms with van der Waals surface area (Å²) >= 11 is 1.66. The van der Waals surface area contributed by atoms with Gasteiger partial charge >= 0.3 is 0 Å². The molecule has 2 aromatic rings. The second kappa shape index (κ2) is 5.11. The first-order valence-electron chi connectivity index (χ1n) is 6.60. The van der Waals surface area contributed by atoms with Gasteiger partial charge in [0.05, 0.1) is 17.2 Å². The van der Waals surface area contributed by atoms with Crippen molar-refractivity contribution in [2.75, 3.05) is 5.32 Å². The molecule has 0 radical (unpaired) electrons. The van der Waals surface area contributed by atoms with Gasteiger partial charge in [-0.2, -0.15) is 0 Å². The van der Waals surface area contributed by atoms with Crippen LogP contribution < -0.4 is 5.32 Å². The smallest absolute Gasteiger partial charge is 0.0795 e. The van der Waals surface area contributed by atoms with Gasteiger partial charge in [0, 0.05) is 11.1 Å². The van der Waals surface area contributed by atoms with Gasteiger partial charge in [-0.05, 0) is 49.8 Å². The Bertz CT molecular complexity index is 519. The number of hydrogen-bond acceptors (Lipinski definition) is 3. The molecule has 18 heavy (non-hydrogen) atoms. The molecule has 0 bridgehead atoms. The van der Waals surface area contributed by atoms with Crippen molar-refractivity contribution in [1.29, 1.82) is 0 Å². The van der Waals surface area contributed by atoms with E-state index in [4.69, 9.17) is 0 Å². The number of nitrogens with zero attached hydrogens (tertiary/aromatic N) is 1. The molecule has 0 spiro atoms. The first-order valence-corrected chi connectivity index (χ1v) is 7.54. The molecule has 0 saturated carbocycles. The first kappa shape index (κ1) is 11.7. The molecular formula is C15H18N2S. The second-order valence-electron chi connectivity index (χ2n) is 4.93. The minimum atomic E-state index is 0.282. The van der Waals surface area contributed by atoms with Gasteiger partial charge in [-0.1, -0.05) is 12.1 Å². The number of nitrogens with one attached hydrogen (secondary N) is 1. The highest BCUT2D eigenvalue weighted by Crippen LogP contribution is 2.30. The van der Waals surface area contributed by atoms with Gasteiger partial charge in [-0.25, -0.2) is 4.98 Å². The summed E-state index contributed by atoms with van der Waals surface area (Å²) in [5, 5.41) is 5.73. The van der Waals surface area contributed by atoms with Crippen molar-refractivity contribution in [2.45, 2.75) is 38.6 Å². The molecule has 0 fully saturated rings. The summed E-state index contributed by atoms with van der Waals surface area (Å²) in [4.78, 5) is 4.38. The Morgan fingerprint density at radius 2 is 2.17 bits per heavy atom. The molecule has 0 saturated heterocycles. The van der Waals surface area contributed by atoms with Crippen LogP contribution in [0, 0.1) is 0 Å². The lowest BCUT2D eigenvalue weighted by molar-refractivity contribution is 0.684. The maximum Gasteiger partial charge on any atom is 0.0795 e. The maximum atomic E-state index is 4.38. The number of aromatic nitrogens is 1. The highest BCUT2D eigenvalue weighted by Gasteiger charge is 2.15. The summed E-state index contributed by atoms with van der Waals surface area (Å²) in [6.45, 7) is 2.18. The quantitative estimate of drug-likeness (QED) is 0.892. The van der Waals surface area contributed by atoms with E-state index < -0.39 is 0 Å². The van der Waals surface area contributed by atoms with Gasteiger partial charge in [0.15, 0.2) is 0 Å². The van der Waals surface area contributed by atoms with Crippen LogP contribution in [-0.2, 0) is 12.8 Å². The van der Waals surface area contributed by atoms with Gasteiger partial charge in [-0.3, -0.25) is 0 Å². The van der Waals surface area contributed by atoms with E-state index in [0.717, 1.165) is 5.69 Å². The van der Waals surface area contributed by atoms with Crippen molar-refractivity contribution in [3.05, 3.63) is 45.9 Å². The topological polar surface area (TPSA) is 24.9 Å². The molecule has 1 unspecified atom stereocenters. The van der Waals surface area contributed by atoms with E-state index in [-0.39, 0.29) is 6.04 Å². The van der Waals surface area contributed by atoms with Gasteiger partial charge in [0.25, 0.3) is 0 Å². The van der Waals surface area contributed by atoms with E-state index in [0.29, 0.717) is 0 Å². The average Bonchev–Trinajstić information content (AvgIpc) is 2.93. The van der Waals surface area contributed by atoms with E-state index in [1.165, 1.54) is 42.5 Å². The summed E-state index contributed by atoms with van der Waals surface area (Å²) in [5.74, 6) is 0. The van der Waals surface area contributed by atoms with Crippen LogP contribution in [0.3, 0.4) is 0 Å². The Kier molecular flexibility index (Phi) is 3.33. The molecule has 1 aliphatic carbocycles. The fraction of sp³-hybridized carbons (Fsp3) is 0.400. The third-order valence-corrected chi connectivity index (χ3v) is 4.27. The summed E-state index contributed by atoms with van der Waals surface area (Å²) in [6.07, 6.45) is 5.09. The van der Waals surface area contributed by atoms with Crippen molar-refractivity contribution in [1.82, 2.24) is 4.98 Å². The van der Waals surface area contributed by atoms with Crippen LogP contribution in [0.4, 0.5) is 5.69 Å². The van der Waals surface area contributed by atoms with Gasteiger partial charge < -0.3 is 5.32 Å². The number of hydrogen-bond donors (Lipinski definition) is 1. The zero-order chi connectivity index (χ0) is 12.4. The minimum absolute atomic E-state index is 0.282. The monoisotopic (exact) mass is 258 g/mol. The van der Waals surface area contributed by atoms with Gasteiger partial charge in [0.1, 0.15) is 0 Å². The van der Waals surface area contributed by atoms with E-state index in [9.17, 15) is 0 Å². The molecule has 94 valence electrons. The van der Waals surface area contributed by atoms with E-state index in [2.05, 4.69) is 40.8 Å². The molecular weight excluding hydrogens is 240 g/mol. The number of fused-ring (bicyclic) bond motifs is 1. The predicted octanol–water partition coefficient (Wildman–Crippen LogP) is 4.20. The molecule has 1 heterocycles. The molecule has 1 aromatic carbocycles. The summed E-state index contributed by atoms with van der Waals surface area (Å²) in [7, 11) is 0. The highest BCUT2D eigenvalue weighted by molar-refractivity contribution is 7.07. The minimum Gasteiger partial charge on any atom is -0.377 e. The van der Waals surface area contributed by atoms with Crippen LogP contribution in [-0.4, -0.2) is 4.98 Å². The average molecular weight is 258 g/mol. The summed E-state index contributed by atoms with van der Waals surface area (Å²) in [6, 6.07) is 6.92. The Balaban J connectivity index is 1.84. The first-order chi connectivity index (χ1) is 8.84. The number of rotatable bonds is 3. The number of aryl methyl sites for hydroxylation is 1. The normalized spacial score (nSPS) is 16.1. The summed E-state index contributed by atoms with van der Waals surface area (Å²) < 4.78 is 0. The molecule has 1 N–H and O–H groups in total. The molecule has 3 heteroatoms. The molecule has 1 atom stereocenters. The van der Waals surface area contributed by atoms with Gasteiger partial charge in [-0.15, -0.1) is 11.3 Å². The zero-order valence-corrected chi connectivity index (χ0v) is 11.5. The Morgan fingerprint density at radius 1 is 1.28 bits per heavy atom. The second-order valence-corrected chi connectivity index (χ2v) is 5.65. The van der Waals surface area contributed by atoms with Crippen LogP contribution in [0.15, 0.2) is 29.1 Å². The number of benzene rings is 1. The molecule has 0 amide bonds. The lowest BCUT2D eigenvalue weighted by atomic mass is 9.90. The molecule has 3 rings (SSSR count). The number of thiazole rings is 1. The third-order valence-electron chi connectivity index (χ3n) is 3.66. The lowest BCUT2D eigenvalue weighted by Crippen LogP contribution is -2.12. The van der Waals surface area contributed by atoms with Crippen LogP contribution in [0.2, 0.25) is 0 Å². The van der Waals surface area contributed by atoms with Crippen molar-refractivity contribution in [2.24, 2.45) is 0 Å². The van der Waals surface area contributed by atoms with Crippen LogP contribution >= 0.6 is 11.3 Å². The van der Waals surface area contributed by atoms with Crippen molar-refractivity contribution in [3.8, 4) is 0 Å². The Hall–Kier alpha value is -1.35. The molecule has 1 aliphatic rings. The number of anilines is 1. The Labute approximate surface area is 112 Å². The zero-order valence-electron chi connectivity index (χ0n) is 10.6. The van der Waals surface area contributed by atoms with Crippen molar-refractivity contribution >= 4 is 17.0 Å². The maximum absolute atomic E-state index is 4.38. The molecule has 0 aliphatic heterocycles. The van der Waals surface area contributed by atoms with E-state index in [1.54, 1.807) is 11.3 Å². The standard InChI is InChI=1S/C15H18N2S/c1-11(15-9-18-10-16-15)17-14-8-4-6-12-5-2-3-7-13(12)14/h4,6,8-11,17H,2-3,5,7H2,1H3. The third kappa shape index (κ3) is 2.27. The van der Waals surface area contributed by atoms with E-state index >= 15 is 0 Å². The lowest BCUT2D eigenvalue weighted by Gasteiger charge is -2.22. The van der Waals surface area contributed by atoms with Crippen LogP contribution in [0.5, 0.6) is 0 Å². The van der Waals surface area contributed by atoms with E-state index in [1.807, 2.05) is 5.51 Å². The summed E-state index contributed by atoms with van der Waals surface area (Å²) in [5.41, 5.74) is 7.37. The SMILES string of the molecule is CC(Nc1cccc2c1CCCC2)c1cscn1. The largest absolute Gasteiger partial charge is 0.377 e. The van der Waals surface area contributed by atoms with Gasteiger partial charge in [0.2, 0.25) is 0 Å². The molecule has 2 nitrogen and oxygen atoms in total. The van der Waals surface area contributed by atoms with Crippen molar-refractivity contribution < 1.29 is 0 Å². The van der Waals surface area contributed by atoms with Crippen molar-refractivity contribution in [3.63, 3.8) is 0 Å². The van der Waals surface area contributed by atoms with Crippen LogP contribution in [0.1, 0.15) is 42.6 Å². The Morgan fingerprint density at radius 3 is 3.00 bits per heavy atom. The van der Waals surface area contributed by atoms with Crippen LogP contribution in [0.25, 0.3) is 0 Å². The molecule has 1 aromatic heterocycles. The predicted molar refractivity (Wildman–Crippen MR) is 77.2 cm³/mol. The fourth-order valence-corrected chi connectivity index (χ4v) is 3.31.